The zero-order valence-corrected chi connectivity index (χ0v) is 14.0. The molecule has 0 aliphatic carbocycles. The molecule has 0 aliphatic rings. The van der Waals surface area contributed by atoms with Gasteiger partial charge in [0.15, 0.2) is 0 Å². The molecule has 0 aromatic heterocycles. The molecule has 0 bridgehead atoms. The predicted octanol–water partition coefficient (Wildman–Crippen LogP) is 0.124. The third kappa shape index (κ3) is 7.75. The number of carbonyl (C=O) groups excluding carboxylic acids is 2. The molecule has 0 heterocycles. The second-order valence-electron chi connectivity index (χ2n) is 4.57. The van der Waals surface area contributed by atoms with Crippen LogP contribution in [0.3, 0.4) is 0 Å². The summed E-state index contributed by atoms with van der Waals surface area (Å²) in [6.45, 7) is -0.523. The van der Waals surface area contributed by atoms with Crippen molar-refractivity contribution >= 4 is 22.2 Å². The summed E-state index contributed by atoms with van der Waals surface area (Å²) in [6, 6.07) is 7.77. The molecule has 24 heavy (non-hydrogen) atoms. The minimum absolute atomic E-state index is 0.00414. The Hall–Kier alpha value is -2.39. The van der Waals surface area contributed by atoms with E-state index in [9.17, 15) is 18.0 Å². The SMILES string of the molecule is CONC(=C=O)[C@H](COS(C)(=O)=O)NC(=O)OCc1ccccc1. The number of carbonyl (C=O) groups is 1. The predicted molar refractivity (Wildman–Crippen MR) is 83.7 cm³/mol. The second kappa shape index (κ2) is 9.68. The van der Waals surface area contributed by atoms with Crippen molar-refractivity contribution in [2.45, 2.75) is 12.6 Å². The van der Waals surface area contributed by atoms with E-state index in [0.717, 1.165) is 11.8 Å². The smallest absolute Gasteiger partial charge is 0.408 e. The first-order chi connectivity index (χ1) is 11.4. The first-order valence-corrected chi connectivity index (χ1v) is 8.53. The van der Waals surface area contributed by atoms with E-state index in [2.05, 4.69) is 19.8 Å². The van der Waals surface area contributed by atoms with Crippen LogP contribution in [0.25, 0.3) is 0 Å². The van der Waals surface area contributed by atoms with E-state index in [4.69, 9.17) is 4.74 Å². The normalized spacial score (nSPS) is 11.9. The van der Waals surface area contributed by atoms with Crippen LogP contribution in [0.15, 0.2) is 36.0 Å². The van der Waals surface area contributed by atoms with Gasteiger partial charge in [0, 0.05) is 0 Å². The topological polar surface area (TPSA) is 120 Å². The molecule has 1 atom stereocenters. The number of amides is 1. The zero-order chi connectivity index (χ0) is 18.0. The highest BCUT2D eigenvalue weighted by atomic mass is 32.2. The van der Waals surface area contributed by atoms with Crippen LogP contribution >= 0.6 is 0 Å². The first-order valence-electron chi connectivity index (χ1n) is 6.71. The summed E-state index contributed by atoms with van der Waals surface area (Å²) in [7, 11) is -2.54. The van der Waals surface area contributed by atoms with E-state index in [1.807, 2.05) is 6.07 Å². The maximum absolute atomic E-state index is 11.8. The Balaban J connectivity index is 2.68. The molecule has 1 aromatic carbocycles. The number of hydrogen-bond donors (Lipinski definition) is 2. The average Bonchev–Trinajstić information content (AvgIpc) is 2.55. The highest BCUT2D eigenvalue weighted by Crippen LogP contribution is 2.03. The molecule has 9 nitrogen and oxygen atoms in total. The van der Waals surface area contributed by atoms with Crippen LogP contribution in [0.4, 0.5) is 4.79 Å². The summed E-state index contributed by atoms with van der Waals surface area (Å²) in [5.74, 6) is 1.50. The largest absolute Gasteiger partial charge is 0.445 e. The van der Waals surface area contributed by atoms with Gasteiger partial charge in [0.1, 0.15) is 24.3 Å². The van der Waals surface area contributed by atoms with Crippen molar-refractivity contribution in [3.63, 3.8) is 0 Å². The maximum atomic E-state index is 11.8. The van der Waals surface area contributed by atoms with Gasteiger partial charge in [-0.1, -0.05) is 30.3 Å². The highest BCUT2D eigenvalue weighted by molar-refractivity contribution is 7.85. The number of rotatable bonds is 9. The fourth-order valence-electron chi connectivity index (χ4n) is 1.57. The Labute approximate surface area is 139 Å². The van der Waals surface area contributed by atoms with Gasteiger partial charge in [0.25, 0.3) is 10.1 Å². The molecule has 10 heteroatoms. The number of ether oxygens (including phenoxy) is 1. The molecule has 2 N–H and O–H groups in total. The molecule has 1 amide bonds. The zero-order valence-electron chi connectivity index (χ0n) is 13.1. The Morgan fingerprint density at radius 2 is 1.96 bits per heavy atom. The number of hydroxylamine groups is 1. The van der Waals surface area contributed by atoms with Crippen LogP contribution in [-0.2, 0) is 35.3 Å². The molecular weight excluding hydrogens is 340 g/mol. The van der Waals surface area contributed by atoms with Crippen LogP contribution < -0.4 is 10.8 Å². The Kier molecular flexibility index (Phi) is 7.93. The van der Waals surface area contributed by atoms with Crippen LogP contribution in [0, 0.1) is 0 Å². The van der Waals surface area contributed by atoms with Gasteiger partial charge >= 0.3 is 6.09 Å². The van der Waals surface area contributed by atoms with E-state index in [1.54, 1.807) is 24.3 Å². The van der Waals surface area contributed by atoms with Crippen molar-refractivity contribution in [3.8, 4) is 0 Å². The van der Waals surface area contributed by atoms with Gasteiger partial charge in [-0.25, -0.2) is 9.59 Å². The third-order valence-corrected chi connectivity index (χ3v) is 3.19. The quantitative estimate of drug-likeness (QED) is 0.363. The average molecular weight is 358 g/mol. The fourth-order valence-corrected chi connectivity index (χ4v) is 1.95. The summed E-state index contributed by atoms with van der Waals surface area (Å²) in [5.41, 5.74) is 2.71. The molecule has 1 aromatic rings. The number of nitrogens with one attached hydrogen (secondary N) is 2. The minimum atomic E-state index is -3.77. The molecule has 132 valence electrons. The lowest BCUT2D eigenvalue weighted by atomic mass is 10.2. The van der Waals surface area contributed by atoms with Crippen molar-refractivity contribution in [2.75, 3.05) is 20.0 Å². The summed E-state index contributed by atoms with van der Waals surface area (Å²) < 4.78 is 31.7. The van der Waals surface area contributed by atoms with E-state index < -0.39 is 28.9 Å². The monoisotopic (exact) mass is 358 g/mol. The molecule has 0 fully saturated rings. The van der Waals surface area contributed by atoms with E-state index in [-0.39, 0.29) is 12.3 Å². The van der Waals surface area contributed by atoms with Gasteiger partial charge in [-0.05, 0) is 5.56 Å². The minimum Gasteiger partial charge on any atom is -0.445 e. The molecule has 0 radical (unpaired) electrons. The Bertz CT molecular complexity index is 684. The van der Waals surface area contributed by atoms with E-state index in [0.29, 0.717) is 0 Å². The molecule has 0 spiro atoms. The van der Waals surface area contributed by atoms with Gasteiger partial charge in [-0.15, -0.1) is 0 Å². The lowest BCUT2D eigenvalue weighted by molar-refractivity contribution is 0.102. The molecule has 0 unspecified atom stereocenters. The van der Waals surface area contributed by atoms with Crippen LogP contribution in [-0.4, -0.2) is 46.5 Å². The lowest BCUT2D eigenvalue weighted by Gasteiger charge is -2.19. The van der Waals surface area contributed by atoms with Crippen molar-refractivity contribution < 1.29 is 31.8 Å². The highest BCUT2D eigenvalue weighted by Gasteiger charge is 2.22. The number of alkyl carbamates (subject to hydrolysis) is 1. The third-order valence-electron chi connectivity index (χ3n) is 2.62. The van der Waals surface area contributed by atoms with Gasteiger partial charge in [0.2, 0.25) is 0 Å². The molecule has 0 saturated carbocycles. The van der Waals surface area contributed by atoms with Crippen molar-refractivity contribution in [2.24, 2.45) is 0 Å². The second-order valence-corrected chi connectivity index (χ2v) is 6.21. The van der Waals surface area contributed by atoms with Gasteiger partial charge in [-0.3, -0.25) is 14.5 Å². The maximum Gasteiger partial charge on any atom is 0.408 e. The van der Waals surface area contributed by atoms with Gasteiger partial charge < -0.3 is 10.1 Å². The Morgan fingerprint density at radius 3 is 2.50 bits per heavy atom. The van der Waals surface area contributed by atoms with Crippen LogP contribution in [0.2, 0.25) is 0 Å². The standard InChI is InChI=1S/C14H18N2O7S/c1-21-16-12(8-17)13(10-23-24(2,19)20)15-14(18)22-9-11-6-4-3-5-7-11/h3-7,13,16H,9-10H2,1-2H3,(H,15,18)/t13-/m0/s1. The number of hydrogen-bond acceptors (Lipinski definition) is 8. The first kappa shape index (κ1) is 19.7. The van der Waals surface area contributed by atoms with Gasteiger partial charge in [-0.2, -0.15) is 8.42 Å². The summed E-state index contributed by atoms with van der Waals surface area (Å²) >= 11 is 0. The molecule has 0 aliphatic heterocycles. The van der Waals surface area contributed by atoms with Crippen LogP contribution in [0.5, 0.6) is 0 Å². The van der Waals surface area contributed by atoms with Crippen molar-refractivity contribution in [1.82, 2.24) is 10.8 Å². The molecule has 1 rings (SSSR count). The van der Waals surface area contributed by atoms with Gasteiger partial charge in [0.05, 0.1) is 20.0 Å². The summed E-state index contributed by atoms with van der Waals surface area (Å²) in [5, 5.41) is 2.30. The molecular formula is C14H18N2O7S. The summed E-state index contributed by atoms with van der Waals surface area (Å²) in [6.07, 6.45) is -0.0298. The lowest BCUT2D eigenvalue weighted by Crippen LogP contribution is -2.44. The Morgan fingerprint density at radius 1 is 1.29 bits per heavy atom. The van der Waals surface area contributed by atoms with Crippen molar-refractivity contribution in [3.05, 3.63) is 41.6 Å². The number of benzene rings is 1. The van der Waals surface area contributed by atoms with Crippen molar-refractivity contribution in [1.29, 1.82) is 0 Å². The summed E-state index contributed by atoms with van der Waals surface area (Å²) in [4.78, 5) is 27.3. The van der Waals surface area contributed by atoms with E-state index >= 15 is 0 Å². The van der Waals surface area contributed by atoms with Crippen LogP contribution in [0.1, 0.15) is 5.56 Å². The molecule has 0 saturated heterocycles. The van der Waals surface area contributed by atoms with E-state index in [1.165, 1.54) is 13.1 Å². The fraction of sp³-hybridized carbons (Fsp3) is 0.357.